The van der Waals surface area contributed by atoms with Crippen molar-refractivity contribution in [3.63, 3.8) is 0 Å². The lowest BCUT2D eigenvalue weighted by molar-refractivity contribution is 0.0933. The predicted molar refractivity (Wildman–Crippen MR) is 76.4 cm³/mol. The van der Waals surface area contributed by atoms with Gasteiger partial charge in [-0.3, -0.25) is 4.79 Å². The summed E-state index contributed by atoms with van der Waals surface area (Å²) in [4.78, 5) is 17.8. The van der Waals surface area contributed by atoms with Crippen molar-refractivity contribution in [3.8, 4) is 0 Å². The van der Waals surface area contributed by atoms with Crippen LogP contribution in [0.3, 0.4) is 0 Å². The molecule has 1 saturated heterocycles. The summed E-state index contributed by atoms with van der Waals surface area (Å²) in [5.74, 6) is 0.00833. The first-order chi connectivity index (χ1) is 9.15. The number of H-pyrrole nitrogens is 1. The number of para-hydroxylation sites is 1. The highest BCUT2D eigenvalue weighted by Crippen LogP contribution is 2.21. The molecule has 19 heavy (non-hydrogen) atoms. The molecule has 4 heteroatoms. The number of aromatic nitrogens is 1. The van der Waals surface area contributed by atoms with Crippen LogP contribution in [0.2, 0.25) is 0 Å². The number of aromatic amines is 1. The van der Waals surface area contributed by atoms with Gasteiger partial charge in [-0.15, -0.1) is 0 Å². The van der Waals surface area contributed by atoms with Crippen LogP contribution in [0.4, 0.5) is 0 Å². The van der Waals surface area contributed by atoms with E-state index in [0.717, 1.165) is 36.0 Å². The molecule has 2 heterocycles. The fraction of sp³-hybridized carbons (Fsp3) is 0.400. The van der Waals surface area contributed by atoms with Crippen molar-refractivity contribution in [1.29, 1.82) is 0 Å². The van der Waals surface area contributed by atoms with Crippen LogP contribution in [0.15, 0.2) is 24.3 Å². The first-order valence-electron chi connectivity index (χ1n) is 6.72. The van der Waals surface area contributed by atoms with E-state index in [9.17, 15) is 4.79 Å². The van der Waals surface area contributed by atoms with E-state index in [4.69, 9.17) is 0 Å². The van der Waals surface area contributed by atoms with Gasteiger partial charge in [0.2, 0.25) is 0 Å². The van der Waals surface area contributed by atoms with Gasteiger partial charge in [0.05, 0.1) is 0 Å². The standard InChI is InChI=1S/C15H19N3O/c1-10-12-5-3-4-6-13(12)17-14(10)15(19)16-11-7-8-18(2)9-11/h3-6,11,17H,7-9H2,1-2H3,(H,16,19)/t11-/m1/s1. The number of benzene rings is 1. The Hall–Kier alpha value is -1.81. The number of rotatable bonds is 2. The molecule has 1 aliphatic rings. The highest BCUT2D eigenvalue weighted by molar-refractivity contribution is 6.00. The Morgan fingerprint density at radius 1 is 1.42 bits per heavy atom. The van der Waals surface area contributed by atoms with Crippen LogP contribution in [0.25, 0.3) is 10.9 Å². The lowest BCUT2D eigenvalue weighted by Crippen LogP contribution is -2.36. The molecule has 0 spiro atoms. The molecule has 0 bridgehead atoms. The smallest absolute Gasteiger partial charge is 0.268 e. The average molecular weight is 257 g/mol. The summed E-state index contributed by atoms with van der Waals surface area (Å²) in [6.45, 7) is 3.98. The molecule has 0 unspecified atom stereocenters. The quantitative estimate of drug-likeness (QED) is 0.863. The zero-order valence-corrected chi connectivity index (χ0v) is 11.4. The third kappa shape index (κ3) is 2.24. The van der Waals surface area contributed by atoms with E-state index < -0.39 is 0 Å². The minimum absolute atomic E-state index is 0.00833. The molecule has 2 aromatic rings. The maximum Gasteiger partial charge on any atom is 0.268 e. The zero-order valence-electron chi connectivity index (χ0n) is 11.4. The van der Waals surface area contributed by atoms with Gasteiger partial charge >= 0.3 is 0 Å². The summed E-state index contributed by atoms with van der Waals surface area (Å²) < 4.78 is 0. The normalized spacial score (nSPS) is 20.0. The van der Waals surface area contributed by atoms with Crippen LogP contribution in [-0.2, 0) is 0 Å². The second kappa shape index (κ2) is 4.70. The minimum Gasteiger partial charge on any atom is -0.350 e. The van der Waals surface area contributed by atoms with Crippen LogP contribution in [0.5, 0.6) is 0 Å². The van der Waals surface area contributed by atoms with Gasteiger partial charge in [0, 0.05) is 23.5 Å². The number of amides is 1. The van der Waals surface area contributed by atoms with Crippen molar-refractivity contribution < 1.29 is 4.79 Å². The molecule has 1 aromatic heterocycles. The topological polar surface area (TPSA) is 48.1 Å². The fourth-order valence-corrected chi connectivity index (χ4v) is 2.82. The van der Waals surface area contributed by atoms with Gasteiger partial charge in [0.25, 0.3) is 5.91 Å². The summed E-state index contributed by atoms with van der Waals surface area (Å²) >= 11 is 0. The lowest BCUT2D eigenvalue weighted by Gasteiger charge is -2.12. The van der Waals surface area contributed by atoms with Gasteiger partial charge in [-0.05, 0) is 38.6 Å². The summed E-state index contributed by atoms with van der Waals surface area (Å²) in [5.41, 5.74) is 2.74. The van der Waals surface area contributed by atoms with Gasteiger partial charge in [0.1, 0.15) is 5.69 Å². The number of likely N-dealkylation sites (N-methyl/N-ethyl adjacent to an activating group) is 1. The van der Waals surface area contributed by atoms with E-state index in [-0.39, 0.29) is 11.9 Å². The van der Waals surface area contributed by atoms with Gasteiger partial charge < -0.3 is 15.2 Å². The van der Waals surface area contributed by atoms with Crippen molar-refractivity contribution in [2.75, 3.05) is 20.1 Å². The number of aryl methyl sites for hydroxylation is 1. The van der Waals surface area contributed by atoms with Crippen LogP contribution in [-0.4, -0.2) is 42.0 Å². The number of carbonyl (C=O) groups excluding carboxylic acids is 1. The predicted octanol–water partition coefficient (Wildman–Crippen LogP) is 1.91. The zero-order chi connectivity index (χ0) is 13.4. The third-order valence-corrected chi connectivity index (χ3v) is 3.92. The van der Waals surface area contributed by atoms with E-state index in [1.807, 2.05) is 31.2 Å². The number of fused-ring (bicyclic) bond motifs is 1. The molecular formula is C15H19N3O. The first-order valence-corrected chi connectivity index (χ1v) is 6.72. The Morgan fingerprint density at radius 3 is 2.89 bits per heavy atom. The second-order valence-corrected chi connectivity index (χ2v) is 5.39. The van der Waals surface area contributed by atoms with E-state index in [0.29, 0.717) is 5.69 Å². The van der Waals surface area contributed by atoms with Crippen LogP contribution in [0.1, 0.15) is 22.5 Å². The average Bonchev–Trinajstić information content (AvgIpc) is 2.94. The Bertz CT molecular complexity index is 617. The Morgan fingerprint density at radius 2 is 2.21 bits per heavy atom. The Kier molecular flexibility index (Phi) is 3.03. The number of nitrogens with one attached hydrogen (secondary N) is 2. The lowest BCUT2D eigenvalue weighted by atomic mass is 10.1. The Labute approximate surface area is 112 Å². The first kappa shape index (κ1) is 12.2. The van der Waals surface area contributed by atoms with Crippen molar-refractivity contribution >= 4 is 16.8 Å². The van der Waals surface area contributed by atoms with Gasteiger partial charge in [0.15, 0.2) is 0 Å². The summed E-state index contributed by atoms with van der Waals surface area (Å²) in [6.07, 6.45) is 1.03. The Balaban J connectivity index is 1.83. The van der Waals surface area contributed by atoms with E-state index in [2.05, 4.69) is 22.2 Å². The molecule has 100 valence electrons. The second-order valence-electron chi connectivity index (χ2n) is 5.39. The van der Waals surface area contributed by atoms with Gasteiger partial charge in [-0.2, -0.15) is 0 Å². The number of likely N-dealkylation sites (tertiary alicyclic amines) is 1. The van der Waals surface area contributed by atoms with Crippen molar-refractivity contribution in [2.45, 2.75) is 19.4 Å². The molecule has 4 nitrogen and oxygen atoms in total. The molecule has 0 saturated carbocycles. The highest BCUT2D eigenvalue weighted by Gasteiger charge is 2.23. The molecule has 1 aromatic carbocycles. The van der Waals surface area contributed by atoms with E-state index in [1.54, 1.807) is 0 Å². The monoisotopic (exact) mass is 257 g/mol. The molecule has 3 rings (SSSR count). The largest absolute Gasteiger partial charge is 0.350 e. The summed E-state index contributed by atoms with van der Waals surface area (Å²) in [5, 5.41) is 4.24. The molecule has 1 atom stereocenters. The molecule has 1 aliphatic heterocycles. The molecular weight excluding hydrogens is 238 g/mol. The van der Waals surface area contributed by atoms with Gasteiger partial charge in [-0.1, -0.05) is 18.2 Å². The highest BCUT2D eigenvalue weighted by atomic mass is 16.2. The summed E-state index contributed by atoms with van der Waals surface area (Å²) in [7, 11) is 2.08. The number of hydrogen-bond acceptors (Lipinski definition) is 2. The van der Waals surface area contributed by atoms with Crippen LogP contribution < -0.4 is 5.32 Å². The number of nitrogens with zero attached hydrogens (tertiary/aromatic N) is 1. The molecule has 2 N–H and O–H groups in total. The van der Waals surface area contributed by atoms with Gasteiger partial charge in [-0.25, -0.2) is 0 Å². The van der Waals surface area contributed by atoms with Crippen LogP contribution in [0, 0.1) is 6.92 Å². The molecule has 0 aliphatic carbocycles. The number of hydrogen-bond donors (Lipinski definition) is 2. The number of carbonyl (C=O) groups is 1. The maximum atomic E-state index is 12.3. The van der Waals surface area contributed by atoms with Crippen molar-refractivity contribution in [3.05, 3.63) is 35.5 Å². The molecule has 0 radical (unpaired) electrons. The third-order valence-electron chi connectivity index (χ3n) is 3.92. The van der Waals surface area contributed by atoms with Crippen LogP contribution >= 0.6 is 0 Å². The fourth-order valence-electron chi connectivity index (χ4n) is 2.82. The summed E-state index contributed by atoms with van der Waals surface area (Å²) in [6, 6.07) is 8.29. The van der Waals surface area contributed by atoms with Crippen molar-refractivity contribution in [2.24, 2.45) is 0 Å². The SMILES string of the molecule is Cc1c(C(=O)N[C@@H]2CCN(C)C2)[nH]c2ccccc12. The van der Waals surface area contributed by atoms with E-state index in [1.165, 1.54) is 0 Å². The molecule has 1 fully saturated rings. The van der Waals surface area contributed by atoms with Crippen molar-refractivity contribution in [1.82, 2.24) is 15.2 Å². The molecule has 1 amide bonds. The minimum atomic E-state index is 0.00833. The maximum absolute atomic E-state index is 12.3. The van der Waals surface area contributed by atoms with E-state index >= 15 is 0 Å².